The Morgan fingerprint density at radius 1 is 1.47 bits per heavy atom. The number of rotatable bonds is 6. The average Bonchev–Trinajstić information content (AvgIpc) is 2.34. The van der Waals surface area contributed by atoms with Crippen molar-refractivity contribution >= 4 is 28.9 Å². The number of hydrogen-bond acceptors (Lipinski definition) is 5. The van der Waals surface area contributed by atoms with Crippen LogP contribution in [0.4, 0.5) is 5.82 Å². The summed E-state index contributed by atoms with van der Waals surface area (Å²) < 4.78 is 0. The van der Waals surface area contributed by atoms with E-state index in [0.29, 0.717) is 18.1 Å². The fraction of sp³-hybridized carbons (Fsp3) is 0.400. The van der Waals surface area contributed by atoms with Gasteiger partial charge in [-0.25, -0.2) is 9.97 Å². The summed E-state index contributed by atoms with van der Waals surface area (Å²) in [5.41, 5.74) is 5.88. The molecule has 0 bridgehead atoms. The lowest BCUT2D eigenvalue weighted by molar-refractivity contribution is -0.119. The molecular formula is C10H15N5OS. The topological polar surface area (TPSA) is 92.9 Å². The quantitative estimate of drug-likeness (QED) is 0.620. The Balaban J connectivity index is 2.57. The van der Waals surface area contributed by atoms with Gasteiger partial charge < -0.3 is 16.4 Å². The maximum atomic E-state index is 11.4. The van der Waals surface area contributed by atoms with Crippen LogP contribution in [0.25, 0.3) is 0 Å². The second kappa shape index (κ2) is 6.74. The third-order valence-corrected chi connectivity index (χ3v) is 2.11. The summed E-state index contributed by atoms with van der Waals surface area (Å²) in [7, 11) is 0. The van der Waals surface area contributed by atoms with Gasteiger partial charge in [0.25, 0.3) is 0 Å². The Morgan fingerprint density at radius 3 is 2.82 bits per heavy atom. The highest BCUT2D eigenvalue weighted by Gasteiger charge is 2.08. The van der Waals surface area contributed by atoms with Crippen LogP contribution in [0.3, 0.4) is 0 Å². The van der Waals surface area contributed by atoms with Gasteiger partial charge in [-0.05, 0) is 6.42 Å². The number of nitrogens with two attached hydrogens (primary N) is 1. The van der Waals surface area contributed by atoms with E-state index < -0.39 is 0 Å². The number of carbonyl (C=O) groups excluding carboxylic acids is 1. The molecule has 0 unspecified atom stereocenters. The number of aromatic nitrogens is 2. The molecule has 0 saturated carbocycles. The van der Waals surface area contributed by atoms with E-state index in [1.54, 1.807) is 0 Å². The molecule has 1 aromatic heterocycles. The van der Waals surface area contributed by atoms with Gasteiger partial charge in [0.15, 0.2) is 5.82 Å². The number of nitrogens with one attached hydrogen (secondary N) is 2. The molecule has 0 atom stereocenters. The van der Waals surface area contributed by atoms with Gasteiger partial charge in [0, 0.05) is 18.9 Å². The Morgan fingerprint density at radius 2 is 2.18 bits per heavy atom. The summed E-state index contributed by atoms with van der Waals surface area (Å²) in [6.45, 7) is 2.76. The van der Waals surface area contributed by atoms with Crippen molar-refractivity contribution in [2.24, 2.45) is 5.73 Å². The SMILES string of the molecule is CCCNC(=O)CNc1nccnc1C(N)=S. The Labute approximate surface area is 105 Å². The van der Waals surface area contributed by atoms with Gasteiger partial charge in [-0.2, -0.15) is 0 Å². The molecule has 6 nitrogen and oxygen atoms in total. The van der Waals surface area contributed by atoms with Crippen LogP contribution < -0.4 is 16.4 Å². The van der Waals surface area contributed by atoms with Crippen molar-refractivity contribution < 1.29 is 4.79 Å². The van der Waals surface area contributed by atoms with Gasteiger partial charge in [0.2, 0.25) is 5.91 Å². The van der Waals surface area contributed by atoms with Crippen LogP contribution in [-0.2, 0) is 4.79 Å². The van der Waals surface area contributed by atoms with Crippen LogP contribution in [0.1, 0.15) is 19.0 Å². The summed E-state index contributed by atoms with van der Waals surface area (Å²) >= 11 is 4.83. The lowest BCUT2D eigenvalue weighted by Crippen LogP contribution is -2.31. The molecule has 0 radical (unpaired) electrons. The molecule has 0 aliphatic carbocycles. The van der Waals surface area contributed by atoms with Crippen LogP contribution in [0.15, 0.2) is 12.4 Å². The highest BCUT2D eigenvalue weighted by Crippen LogP contribution is 2.06. The highest BCUT2D eigenvalue weighted by atomic mass is 32.1. The standard InChI is InChI=1S/C10H15N5OS/c1-2-3-12-7(16)6-15-10-8(9(11)17)13-4-5-14-10/h4-5H,2-3,6H2,1H3,(H2,11,17)(H,12,16)(H,14,15). The highest BCUT2D eigenvalue weighted by molar-refractivity contribution is 7.80. The molecule has 0 aromatic carbocycles. The molecule has 0 fully saturated rings. The lowest BCUT2D eigenvalue weighted by atomic mass is 10.4. The predicted molar refractivity (Wildman–Crippen MR) is 69.7 cm³/mol. The first-order valence-electron chi connectivity index (χ1n) is 5.26. The maximum absolute atomic E-state index is 11.4. The van der Waals surface area contributed by atoms with E-state index in [1.165, 1.54) is 12.4 Å². The van der Waals surface area contributed by atoms with Gasteiger partial charge in [-0.3, -0.25) is 4.79 Å². The zero-order chi connectivity index (χ0) is 12.7. The van der Waals surface area contributed by atoms with Crippen molar-refractivity contribution in [3.8, 4) is 0 Å². The molecule has 0 aliphatic rings. The minimum Gasteiger partial charge on any atom is -0.388 e. The average molecular weight is 253 g/mol. The minimum atomic E-state index is -0.105. The summed E-state index contributed by atoms with van der Waals surface area (Å²) in [5.74, 6) is 0.318. The molecule has 7 heteroatoms. The monoisotopic (exact) mass is 253 g/mol. The smallest absolute Gasteiger partial charge is 0.239 e. The Bertz CT molecular complexity index is 409. The molecule has 1 rings (SSSR count). The number of hydrogen-bond donors (Lipinski definition) is 3. The van der Waals surface area contributed by atoms with Gasteiger partial charge in [0.05, 0.1) is 6.54 Å². The fourth-order valence-electron chi connectivity index (χ4n) is 1.14. The van der Waals surface area contributed by atoms with Crippen molar-refractivity contribution in [3.05, 3.63) is 18.1 Å². The zero-order valence-corrected chi connectivity index (χ0v) is 10.4. The first kappa shape index (κ1) is 13.3. The van der Waals surface area contributed by atoms with E-state index in [2.05, 4.69) is 20.6 Å². The molecule has 17 heavy (non-hydrogen) atoms. The Kier molecular flexibility index (Phi) is 5.28. The van der Waals surface area contributed by atoms with Crippen molar-refractivity contribution in [1.82, 2.24) is 15.3 Å². The Hall–Kier alpha value is -1.76. The first-order chi connectivity index (χ1) is 8.15. The third kappa shape index (κ3) is 4.31. The van der Waals surface area contributed by atoms with Crippen molar-refractivity contribution in [2.45, 2.75) is 13.3 Å². The molecular weight excluding hydrogens is 238 g/mol. The van der Waals surface area contributed by atoms with Gasteiger partial charge >= 0.3 is 0 Å². The number of anilines is 1. The van der Waals surface area contributed by atoms with Crippen molar-refractivity contribution in [2.75, 3.05) is 18.4 Å². The van der Waals surface area contributed by atoms with Crippen LogP contribution >= 0.6 is 12.2 Å². The normalized spacial score (nSPS) is 9.71. The largest absolute Gasteiger partial charge is 0.388 e. The summed E-state index contributed by atoms with van der Waals surface area (Å²) in [6.07, 6.45) is 3.90. The molecule has 1 heterocycles. The third-order valence-electron chi connectivity index (χ3n) is 1.92. The molecule has 0 saturated heterocycles. The van der Waals surface area contributed by atoms with Crippen LogP contribution in [0.5, 0.6) is 0 Å². The summed E-state index contributed by atoms with van der Waals surface area (Å²) in [5, 5.41) is 5.59. The second-order valence-corrected chi connectivity index (χ2v) is 3.76. The molecule has 92 valence electrons. The number of thiocarbonyl (C=S) groups is 1. The van der Waals surface area contributed by atoms with Crippen molar-refractivity contribution in [1.29, 1.82) is 0 Å². The van der Waals surface area contributed by atoms with Crippen LogP contribution in [0, 0.1) is 0 Å². The number of amides is 1. The number of carbonyl (C=O) groups is 1. The van der Waals surface area contributed by atoms with Gasteiger partial charge in [-0.15, -0.1) is 0 Å². The van der Waals surface area contributed by atoms with Crippen LogP contribution in [-0.4, -0.2) is 34.0 Å². The van der Waals surface area contributed by atoms with Gasteiger partial charge in [0.1, 0.15) is 10.7 Å². The molecule has 0 spiro atoms. The molecule has 4 N–H and O–H groups in total. The van der Waals surface area contributed by atoms with Gasteiger partial charge in [-0.1, -0.05) is 19.1 Å². The van der Waals surface area contributed by atoms with E-state index in [0.717, 1.165) is 6.42 Å². The van der Waals surface area contributed by atoms with Crippen molar-refractivity contribution in [3.63, 3.8) is 0 Å². The van der Waals surface area contributed by atoms with E-state index in [1.807, 2.05) is 6.92 Å². The summed E-state index contributed by atoms with van der Waals surface area (Å²) in [6, 6.07) is 0. The summed E-state index contributed by atoms with van der Waals surface area (Å²) in [4.78, 5) is 19.5. The van der Waals surface area contributed by atoms with E-state index in [9.17, 15) is 4.79 Å². The second-order valence-electron chi connectivity index (χ2n) is 3.32. The van der Waals surface area contributed by atoms with E-state index in [4.69, 9.17) is 18.0 Å². The van der Waals surface area contributed by atoms with Crippen LogP contribution in [0.2, 0.25) is 0 Å². The maximum Gasteiger partial charge on any atom is 0.239 e. The molecule has 1 aromatic rings. The fourth-order valence-corrected chi connectivity index (χ4v) is 1.29. The molecule has 0 aliphatic heterocycles. The lowest BCUT2D eigenvalue weighted by Gasteiger charge is -2.08. The molecule has 1 amide bonds. The zero-order valence-electron chi connectivity index (χ0n) is 9.56. The number of nitrogens with zero attached hydrogens (tertiary/aromatic N) is 2. The van der Waals surface area contributed by atoms with E-state index >= 15 is 0 Å². The first-order valence-corrected chi connectivity index (χ1v) is 5.67. The van der Waals surface area contributed by atoms with E-state index in [-0.39, 0.29) is 17.4 Å². The minimum absolute atomic E-state index is 0.105. The predicted octanol–water partition coefficient (Wildman–Crippen LogP) is 0.0489.